The zero-order valence-corrected chi connectivity index (χ0v) is 8.97. The Morgan fingerprint density at radius 2 is 2.07 bits per heavy atom. The van der Waals surface area contributed by atoms with Gasteiger partial charge in [0.1, 0.15) is 5.82 Å². The van der Waals surface area contributed by atoms with Gasteiger partial charge in [-0.2, -0.15) is 0 Å². The lowest BCUT2D eigenvalue weighted by atomic mass is 10.2. The van der Waals surface area contributed by atoms with Crippen molar-refractivity contribution in [2.75, 3.05) is 0 Å². The van der Waals surface area contributed by atoms with Gasteiger partial charge in [-0.3, -0.25) is 4.57 Å². The van der Waals surface area contributed by atoms with Crippen molar-refractivity contribution in [3.8, 4) is 0 Å². The summed E-state index contributed by atoms with van der Waals surface area (Å²) in [5, 5.41) is 0. The number of nitrogens with one attached hydrogen (secondary N) is 1. The molecule has 1 aromatic carbocycles. The second-order valence-electron chi connectivity index (χ2n) is 4.01. The molecule has 0 amide bonds. The third-order valence-corrected chi connectivity index (χ3v) is 2.51. The molecular formula is C11H13FN2O. The van der Waals surface area contributed by atoms with Gasteiger partial charge in [0.15, 0.2) is 0 Å². The normalized spacial score (nSPS) is 11.5. The highest BCUT2D eigenvalue weighted by Crippen LogP contribution is 2.18. The fraction of sp³-hybridized carbons (Fsp3) is 0.364. The number of imidazole rings is 1. The highest BCUT2D eigenvalue weighted by Gasteiger charge is 2.11. The van der Waals surface area contributed by atoms with Gasteiger partial charge in [-0.25, -0.2) is 9.18 Å². The monoisotopic (exact) mass is 208 g/mol. The van der Waals surface area contributed by atoms with Crippen LogP contribution in [0.3, 0.4) is 0 Å². The van der Waals surface area contributed by atoms with E-state index in [2.05, 4.69) is 4.98 Å². The van der Waals surface area contributed by atoms with E-state index < -0.39 is 0 Å². The first-order valence-corrected chi connectivity index (χ1v) is 4.91. The Bertz CT molecular complexity index is 566. The lowest BCUT2D eigenvalue weighted by molar-refractivity contribution is 0.596. The number of aromatic nitrogens is 2. The molecule has 0 aliphatic carbocycles. The summed E-state index contributed by atoms with van der Waals surface area (Å²) in [5.74, 6) is -0.292. The fourth-order valence-corrected chi connectivity index (χ4v) is 1.76. The minimum atomic E-state index is -0.292. The highest BCUT2D eigenvalue weighted by atomic mass is 19.1. The van der Waals surface area contributed by atoms with E-state index >= 15 is 0 Å². The third-order valence-electron chi connectivity index (χ3n) is 2.51. The molecular weight excluding hydrogens is 195 g/mol. The van der Waals surface area contributed by atoms with Crippen molar-refractivity contribution in [3.63, 3.8) is 0 Å². The molecule has 3 nitrogen and oxygen atoms in total. The quantitative estimate of drug-likeness (QED) is 0.767. The van der Waals surface area contributed by atoms with E-state index in [1.807, 2.05) is 13.8 Å². The molecule has 0 bridgehead atoms. The average molecular weight is 208 g/mol. The lowest BCUT2D eigenvalue weighted by Crippen LogP contribution is -2.18. The molecule has 1 heterocycles. The van der Waals surface area contributed by atoms with Crippen molar-refractivity contribution in [1.29, 1.82) is 0 Å². The molecule has 2 rings (SSSR count). The SMILES string of the molecule is Cc1cc2c(cc1F)[nH]c(=O)n2C(C)C. The van der Waals surface area contributed by atoms with E-state index in [9.17, 15) is 9.18 Å². The number of aromatic amines is 1. The number of nitrogens with zero attached hydrogens (tertiary/aromatic N) is 1. The van der Waals surface area contributed by atoms with E-state index in [1.165, 1.54) is 6.07 Å². The van der Waals surface area contributed by atoms with Crippen LogP contribution in [0.2, 0.25) is 0 Å². The summed E-state index contributed by atoms with van der Waals surface area (Å²) in [4.78, 5) is 14.2. The Labute approximate surface area is 86.5 Å². The van der Waals surface area contributed by atoms with Crippen LogP contribution in [-0.4, -0.2) is 9.55 Å². The number of benzene rings is 1. The van der Waals surface area contributed by atoms with E-state index in [-0.39, 0.29) is 17.5 Å². The molecule has 0 radical (unpaired) electrons. The molecule has 0 atom stereocenters. The molecule has 0 fully saturated rings. The molecule has 1 N–H and O–H groups in total. The zero-order valence-electron chi connectivity index (χ0n) is 8.97. The number of aryl methyl sites for hydroxylation is 1. The Kier molecular flexibility index (Phi) is 2.14. The summed E-state index contributed by atoms with van der Waals surface area (Å²) < 4.78 is 14.9. The van der Waals surface area contributed by atoms with Crippen molar-refractivity contribution < 1.29 is 4.39 Å². The second kappa shape index (κ2) is 3.22. The van der Waals surface area contributed by atoms with Crippen LogP contribution >= 0.6 is 0 Å². The standard InChI is InChI=1S/C11H13FN2O/c1-6(2)14-10-4-7(3)8(12)5-9(10)13-11(14)15/h4-6H,1-3H3,(H,13,15). The van der Waals surface area contributed by atoms with E-state index in [1.54, 1.807) is 17.6 Å². The van der Waals surface area contributed by atoms with Crippen LogP contribution in [0, 0.1) is 12.7 Å². The molecule has 4 heteroatoms. The lowest BCUT2D eigenvalue weighted by Gasteiger charge is -2.07. The summed E-state index contributed by atoms with van der Waals surface area (Å²) in [6, 6.07) is 3.13. The first-order chi connectivity index (χ1) is 7.00. The maximum atomic E-state index is 13.3. The number of halogens is 1. The smallest absolute Gasteiger partial charge is 0.305 e. The Hall–Kier alpha value is -1.58. The third kappa shape index (κ3) is 1.46. The van der Waals surface area contributed by atoms with Crippen molar-refractivity contribution in [3.05, 3.63) is 34.0 Å². The highest BCUT2D eigenvalue weighted by molar-refractivity contribution is 5.76. The van der Waals surface area contributed by atoms with Crippen LogP contribution in [0.5, 0.6) is 0 Å². The summed E-state index contributed by atoms with van der Waals surface area (Å²) in [6.45, 7) is 5.54. The van der Waals surface area contributed by atoms with Crippen LogP contribution in [0.4, 0.5) is 4.39 Å². The van der Waals surface area contributed by atoms with Gasteiger partial charge < -0.3 is 4.98 Å². The molecule has 15 heavy (non-hydrogen) atoms. The van der Waals surface area contributed by atoms with Crippen molar-refractivity contribution in [2.24, 2.45) is 0 Å². The van der Waals surface area contributed by atoms with Gasteiger partial charge in [0.25, 0.3) is 0 Å². The predicted molar refractivity (Wildman–Crippen MR) is 57.6 cm³/mol. The van der Waals surface area contributed by atoms with Crippen molar-refractivity contribution in [1.82, 2.24) is 9.55 Å². The van der Waals surface area contributed by atoms with E-state index in [0.717, 1.165) is 5.52 Å². The molecule has 0 saturated carbocycles. The second-order valence-corrected chi connectivity index (χ2v) is 4.01. The van der Waals surface area contributed by atoms with Gasteiger partial charge in [0, 0.05) is 6.04 Å². The summed E-state index contributed by atoms with van der Waals surface area (Å²) in [5.41, 5.74) is 1.67. The van der Waals surface area contributed by atoms with Crippen LogP contribution in [0.25, 0.3) is 11.0 Å². The van der Waals surface area contributed by atoms with E-state index in [4.69, 9.17) is 0 Å². The van der Waals surface area contributed by atoms with Crippen LogP contribution in [0.15, 0.2) is 16.9 Å². The Morgan fingerprint density at radius 3 is 2.67 bits per heavy atom. The summed E-state index contributed by atoms with van der Waals surface area (Å²) in [6.07, 6.45) is 0. The van der Waals surface area contributed by atoms with Gasteiger partial charge in [-0.05, 0) is 38.5 Å². The maximum Gasteiger partial charge on any atom is 0.326 e. The fourth-order valence-electron chi connectivity index (χ4n) is 1.76. The van der Waals surface area contributed by atoms with Gasteiger partial charge in [0.05, 0.1) is 11.0 Å². The molecule has 0 saturated heterocycles. The van der Waals surface area contributed by atoms with Crippen LogP contribution in [-0.2, 0) is 0 Å². The topological polar surface area (TPSA) is 37.8 Å². The molecule has 0 aliphatic heterocycles. The predicted octanol–water partition coefficient (Wildman–Crippen LogP) is 2.36. The summed E-state index contributed by atoms with van der Waals surface area (Å²) in [7, 11) is 0. The molecule has 1 aromatic heterocycles. The van der Waals surface area contributed by atoms with E-state index in [0.29, 0.717) is 11.1 Å². The van der Waals surface area contributed by atoms with Gasteiger partial charge in [0.2, 0.25) is 0 Å². The number of rotatable bonds is 1. The van der Waals surface area contributed by atoms with Crippen LogP contribution in [0.1, 0.15) is 25.5 Å². The van der Waals surface area contributed by atoms with Gasteiger partial charge >= 0.3 is 5.69 Å². The minimum Gasteiger partial charge on any atom is -0.305 e. The largest absolute Gasteiger partial charge is 0.326 e. The Balaban J connectivity index is 2.88. The van der Waals surface area contributed by atoms with Gasteiger partial charge in [-0.1, -0.05) is 0 Å². The summed E-state index contributed by atoms with van der Waals surface area (Å²) >= 11 is 0. The average Bonchev–Trinajstić information content (AvgIpc) is 2.41. The minimum absolute atomic E-state index is 0.0658. The first-order valence-electron chi connectivity index (χ1n) is 4.91. The molecule has 2 aromatic rings. The maximum absolute atomic E-state index is 13.3. The zero-order chi connectivity index (χ0) is 11.2. The van der Waals surface area contributed by atoms with Crippen molar-refractivity contribution in [2.45, 2.75) is 26.8 Å². The Morgan fingerprint density at radius 1 is 1.40 bits per heavy atom. The molecule has 0 aliphatic rings. The number of fused-ring (bicyclic) bond motifs is 1. The number of hydrogen-bond donors (Lipinski definition) is 1. The number of hydrogen-bond acceptors (Lipinski definition) is 1. The molecule has 0 spiro atoms. The first kappa shape index (κ1) is 9.96. The molecule has 80 valence electrons. The number of H-pyrrole nitrogens is 1. The van der Waals surface area contributed by atoms with Crippen molar-refractivity contribution >= 4 is 11.0 Å². The van der Waals surface area contributed by atoms with Crippen LogP contribution < -0.4 is 5.69 Å². The van der Waals surface area contributed by atoms with Gasteiger partial charge in [-0.15, -0.1) is 0 Å². The molecule has 0 unspecified atom stereocenters.